The number of hydrogen-bond acceptors (Lipinski definition) is 6. The summed E-state index contributed by atoms with van der Waals surface area (Å²) in [4.78, 5) is 50.7. The van der Waals surface area contributed by atoms with E-state index in [9.17, 15) is 19.2 Å². The number of carbonyl (C=O) groups excluding carboxylic acids is 3. The minimum atomic E-state index is -1.22. The minimum absolute atomic E-state index is 0.105. The summed E-state index contributed by atoms with van der Waals surface area (Å²) >= 11 is 0. The van der Waals surface area contributed by atoms with Gasteiger partial charge in [-0.05, 0) is 24.8 Å². The third-order valence-electron chi connectivity index (χ3n) is 4.08. The number of nitrogens with zero attached hydrogens (tertiary/aromatic N) is 1. The van der Waals surface area contributed by atoms with Crippen LogP contribution in [0.4, 0.5) is 0 Å². The van der Waals surface area contributed by atoms with Crippen molar-refractivity contribution in [1.82, 2.24) is 16.0 Å². The first-order valence-corrected chi connectivity index (χ1v) is 9.60. The molecule has 0 aliphatic heterocycles. The van der Waals surface area contributed by atoms with Crippen LogP contribution in [-0.4, -0.2) is 66.5 Å². The van der Waals surface area contributed by atoms with Gasteiger partial charge < -0.3 is 38.3 Å². The molecule has 10 N–H and O–H groups in total. The van der Waals surface area contributed by atoms with Crippen LogP contribution in [0.5, 0.6) is 0 Å². The molecule has 0 bridgehead atoms. The highest BCUT2D eigenvalue weighted by Gasteiger charge is 2.20. The summed E-state index contributed by atoms with van der Waals surface area (Å²) in [6.07, 6.45) is 0.772. The van der Waals surface area contributed by atoms with Gasteiger partial charge in [-0.1, -0.05) is 30.3 Å². The molecule has 1 aromatic rings. The summed E-state index contributed by atoms with van der Waals surface area (Å²) in [5, 5.41) is 16.2. The number of rotatable bonds is 13. The van der Waals surface area contributed by atoms with E-state index in [2.05, 4.69) is 20.9 Å². The molecule has 0 radical (unpaired) electrons. The summed E-state index contributed by atoms with van der Waals surface area (Å²) in [7, 11) is 0. The van der Waals surface area contributed by atoms with E-state index >= 15 is 0 Å². The standard InChI is InChI=1S/C19H29N7O5/c20-13(9-12-5-2-1-3-6-12)17(29)25-10-15(27)24-11-16(28)26-14(18(30)31)7-4-8-23-19(21)22/h1-3,5-6,13-14H,4,7-11,20H2,(H,24,27)(H,25,29)(H,26,28)(H,30,31)(H4,21,22,23). The lowest BCUT2D eigenvalue weighted by Crippen LogP contribution is -2.48. The largest absolute Gasteiger partial charge is 0.480 e. The number of aliphatic carboxylic acids is 1. The molecule has 170 valence electrons. The fourth-order valence-corrected chi connectivity index (χ4v) is 2.51. The third-order valence-corrected chi connectivity index (χ3v) is 4.08. The Labute approximate surface area is 179 Å². The number of aliphatic imine (C=N–C) groups is 1. The van der Waals surface area contributed by atoms with E-state index in [1.807, 2.05) is 30.3 Å². The molecule has 0 aromatic heterocycles. The second kappa shape index (κ2) is 13.5. The first-order chi connectivity index (χ1) is 14.7. The summed E-state index contributed by atoms with van der Waals surface area (Å²) in [5.41, 5.74) is 17.1. The van der Waals surface area contributed by atoms with Crippen molar-refractivity contribution < 1.29 is 24.3 Å². The number of carbonyl (C=O) groups is 4. The average molecular weight is 435 g/mol. The average Bonchev–Trinajstić information content (AvgIpc) is 2.72. The van der Waals surface area contributed by atoms with Crippen molar-refractivity contribution in [2.24, 2.45) is 22.2 Å². The van der Waals surface area contributed by atoms with Gasteiger partial charge in [0.15, 0.2) is 5.96 Å². The predicted molar refractivity (Wildman–Crippen MR) is 114 cm³/mol. The Morgan fingerprint density at radius 2 is 1.65 bits per heavy atom. The van der Waals surface area contributed by atoms with Crippen LogP contribution in [0.25, 0.3) is 0 Å². The highest BCUT2D eigenvalue weighted by atomic mass is 16.4. The fourth-order valence-electron chi connectivity index (χ4n) is 2.51. The normalized spacial score (nSPS) is 12.2. The number of benzene rings is 1. The van der Waals surface area contributed by atoms with Crippen molar-refractivity contribution in [2.45, 2.75) is 31.3 Å². The second-order valence-corrected chi connectivity index (χ2v) is 6.70. The lowest BCUT2D eigenvalue weighted by atomic mass is 10.1. The van der Waals surface area contributed by atoms with Gasteiger partial charge in [-0.2, -0.15) is 0 Å². The zero-order chi connectivity index (χ0) is 23.2. The number of guanidine groups is 1. The molecular weight excluding hydrogens is 406 g/mol. The Hall–Kier alpha value is -3.67. The molecule has 0 saturated heterocycles. The molecule has 1 rings (SSSR count). The quantitative estimate of drug-likeness (QED) is 0.0988. The summed E-state index contributed by atoms with van der Waals surface area (Å²) in [5.74, 6) is -3.13. The maximum Gasteiger partial charge on any atom is 0.326 e. The molecule has 12 heteroatoms. The third kappa shape index (κ3) is 11.2. The molecule has 31 heavy (non-hydrogen) atoms. The van der Waals surface area contributed by atoms with E-state index in [0.29, 0.717) is 12.8 Å². The van der Waals surface area contributed by atoms with Gasteiger partial charge in [0, 0.05) is 6.54 Å². The Kier molecular flexibility index (Phi) is 11.1. The van der Waals surface area contributed by atoms with Crippen molar-refractivity contribution in [3.05, 3.63) is 35.9 Å². The summed E-state index contributed by atoms with van der Waals surface area (Å²) in [6.45, 7) is -0.581. The number of hydrogen-bond donors (Lipinski definition) is 7. The van der Waals surface area contributed by atoms with Crippen LogP contribution in [0.1, 0.15) is 18.4 Å². The first-order valence-electron chi connectivity index (χ1n) is 9.60. The SMILES string of the molecule is NC(N)=NCCCC(NC(=O)CNC(=O)CNC(=O)C(N)Cc1ccccc1)C(=O)O. The zero-order valence-corrected chi connectivity index (χ0v) is 17.0. The molecule has 2 unspecified atom stereocenters. The van der Waals surface area contributed by atoms with E-state index in [0.717, 1.165) is 5.56 Å². The Balaban J connectivity index is 2.31. The van der Waals surface area contributed by atoms with E-state index in [1.165, 1.54) is 0 Å². The molecule has 0 saturated carbocycles. The van der Waals surface area contributed by atoms with Gasteiger partial charge in [-0.3, -0.25) is 19.4 Å². The Morgan fingerprint density at radius 1 is 1.00 bits per heavy atom. The lowest BCUT2D eigenvalue weighted by Gasteiger charge is -2.15. The topological polar surface area (TPSA) is 215 Å². The Bertz CT molecular complexity index is 781. The van der Waals surface area contributed by atoms with E-state index in [-0.39, 0.29) is 25.5 Å². The number of nitrogens with two attached hydrogens (primary N) is 3. The number of carboxylic acid groups (broad SMARTS) is 1. The second-order valence-electron chi connectivity index (χ2n) is 6.70. The van der Waals surface area contributed by atoms with Crippen LogP contribution < -0.4 is 33.2 Å². The molecule has 0 aliphatic carbocycles. The number of amides is 3. The molecule has 2 atom stereocenters. The van der Waals surface area contributed by atoms with Crippen molar-refractivity contribution in [3.8, 4) is 0 Å². The van der Waals surface area contributed by atoms with Gasteiger partial charge in [0.25, 0.3) is 0 Å². The predicted octanol–water partition coefficient (Wildman–Crippen LogP) is -2.59. The maximum atomic E-state index is 12.0. The van der Waals surface area contributed by atoms with Crippen LogP contribution in [-0.2, 0) is 25.6 Å². The molecule has 3 amide bonds. The smallest absolute Gasteiger partial charge is 0.326 e. The highest BCUT2D eigenvalue weighted by molar-refractivity contribution is 5.90. The fraction of sp³-hybridized carbons (Fsp3) is 0.421. The molecule has 12 nitrogen and oxygen atoms in total. The van der Waals surface area contributed by atoms with E-state index in [4.69, 9.17) is 22.3 Å². The molecule has 0 spiro atoms. The van der Waals surface area contributed by atoms with Crippen LogP contribution in [0, 0.1) is 0 Å². The lowest BCUT2D eigenvalue weighted by molar-refractivity contribution is -0.142. The van der Waals surface area contributed by atoms with Gasteiger partial charge in [0.1, 0.15) is 6.04 Å². The maximum absolute atomic E-state index is 12.0. The van der Waals surface area contributed by atoms with E-state index in [1.54, 1.807) is 0 Å². The van der Waals surface area contributed by atoms with Crippen LogP contribution in [0.15, 0.2) is 35.3 Å². The molecule has 0 heterocycles. The van der Waals surface area contributed by atoms with Crippen LogP contribution in [0.2, 0.25) is 0 Å². The van der Waals surface area contributed by atoms with Crippen molar-refractivity contribution in [3.63, 3.8) is 0 Å². The minimum Gasteiger partial charge on any atom is -0.480 e. The Morgan fingerprint density at radius 3 is 2.26 bits per heavy atom. The zero-order valence-electron chi connectivity index (χ0n) is 17.0. The van der Waals surface area contributed by atoms with Crippen molar-refractivity contribution in [1.29, 1.82) is 0 Å². The van der Waals surface area contributed by atoms with Crippen LogP contribution in [0.3, 0.4) is 0 Å². The van der Waals surface area contributed by atoms with Gasteiger partial charge in [-0.25, -0.2) is 4.79 Å². The summed E-state index contributed by atoms with van der Waals surface area (Å²) < 4.78 is 0. The monoisotopic (exact) mass is 435 g/mol. The van der Waals surface area contributed by atoms with Gasteiger partial charge in [-0.15, -0.1) is 0 Å². The van der Waals surface area contributed by atoms with Gasteiger partial charge in [0.05, 0.1) is 19.1 Å². The van der Waals surface area contributed by atoms with Crippen molar-refractivity contribution in [2.75, 3.05) is 19.6 Å². The van der Waals surface area contributed by atoms with Gasteiger partial charge >= 0.3 is 5.97 Å². The van der Waals surface area contributed by atoms with E-state index < -0.39 is 42.3 Å². The highest BCUT2D eigenvalue weighted by Crippen LogP contribution is 2.01. The van der Waals surface area contributed by atoms with Crippen molar-refractivity contribution >= 4 is 29.7 Å². The summed E-state index contributed by atoms with van der Waals surface area (Å²) in [6, 6.07) is 7.21. The van der Waals surface area contributed by atoms with Gasteiger partial charge in [0.2, 0.25) is 17.7 Å². The molecule has 0 fully saturated rings. The van der Waals surface area contributed by atoms with Crippen LogP contribution >= 0.6 is 0 Å². The number of nitrogens with one attached hydrogen (secondary N) is 3. The molecule has 0 aliphatic rings. The number of carboxylic acids is 1. The first kappa shape index (κ1) is 25.4. The molecular formula is C19H29N7O5. The molecule has 1 aromatic carbocycles.